The zero-order valence-electron chi connectivity index (χ0n) is 16.0. The van der Waals surface area contributed by atoms with Crippen molar-refractivity contribution in [3.63, 3.8) is 0 Å². The van der Waals surface area contributed by atoms with Crippen molar-refractivity contribution in [2.24, 2.45) is 0 Å². The van der Waals surface area contributed by atoms with Crippen LogP contribution in [-0.4, -0.2) is 41.1 Å². The minimum Gasteiger partial charge on any atom is -0.369 e. The van der Waals surface area contributed by atoms with Crippen LogP contribution >= 0.6 is 11.6 Å². The number of nitrogens with zero attached hydrogens (tertiary/aromatic N) is 2. The molecule has 1 amide bonds. The Balaban J connectivity index is 1.72. The van der Waals surface area contributed by atoms with Gasteiger partial charge in [0.05, 0.1) is 29.8 Å². The maximum atomic E-state index is 13.6. The molecule has 2 aromatic rings. The third-order valence-corrected chi connectivity index (χ3v) is 4.06. The summed E-state index contributed by atoms with van der Waals surface area (Å²) in [5.41, 5.74) is 1.53. The Morgan fingerprint density at radius 2 is 2.13 bits per heavy atom. The molecule has 0 aliphatic carbocycles. The summed E-state index contributed by atoms with van der Waals surface area (Å²) in [5, 5.41) is 2.53. The Morgan fingerprint density at radius 3 is 2.80 bits per heavy atom. The summed E-state index contributed by atoms with van der Waals surface area (Å²) in [5.74, 6) is -1.08. The zero-order valence-corrected chi connectivity index (χ0v) is 16.8. The van der Waals surface area contributed by atoms with Gasteiger partial charge in [-0.25, -0.2) is 9.37 Å². The number of aromatic nitrogens is 2. The Hall–Kier alpha value is -2.43. The van der Waals surface area contributed by atoms with Crippen molar-refractivity contribution in [3.05, 3.63) is 53.8 Å². The van der Waals surface area contributed by atoms with Crippen LogP contribution in [0.2, 0.25) is 5.02 Å². The van der Waals surface area contributed by atoms with Crippen molar-refractivity contribution < 1.29 is 31.8 Å². The number of aryl methyl sites for hydroxylation is 1. The van der Waals surface area contributed by atoms with Crippen LogP contribution in [0.1, 0.15) is 13.3 Å². The van der Waals surface area contributed by atoms with Gasteiger partial charge < -0.3 is 14.6 Å². The van der Waals surface area contributed by atoms with E-state index in [4.69, 9.17) is 16.3 Å². The molecule has 1 aromatic heterocycles. The largest absolute Gasteiger partial charge is 0.522 e. The van der Waals surface area contributed by atoms with Gasteiger partial charge in [-0.05, 0) is 19.1 Å². The van der Waals surface area contributed by atoms with Crippen LogP contribution in [0.3, 0.4) is 0 Å². The standard InChI is InChI=1S/C19H20ClF4N3O3/c1-12(26-18(28)10-29-9-13(2)30-19(22,23)24)5-6-27-8-17(25-11-27)14-3-4-15(20)16(21)7-14/h3-4,7-8,11,13H,1,5-6,9-10H2,2H3,(H,26,28)/t13-/m1/s1. The number of imidazole rings is 1. The lowest BCUT2D eigenvalue weighted by Crippen LogP contribution is -2.30. The highest BCUT2D eigenvalue weighted by Crippen LogP contribution is 2.23. The van der Waals surface area contributed by atoms with E-state index in [0.717, 1.165) is 0 Å². The Morgan fingerprint density at radius 1 is 1.40 bits per heavy atom. The average Bonchev–Trinajstić information content (AvgIpc) is 3.10. The number of hydrogen-bond donors (Lipinski definition) is 1. The van der Waals surface area contributed by atoms with E-state index >= 15 is 0 Å². The van der Waals surface area contributed by atoms with E-state index in [1.165, 1.54) is 19.1 Å². The normalized spacial score (nSPS) is 12.6. The molecule has 2 rings (SSSR count). The topological polar surface area (TPSA) is 65.4 Å². The number of ether oxygens (including phenoxy) is 2. The number of alkyl halides is 3. The lowest BCUT2D eigenvalue weighted by atomic mass is 10.2. The van der Waals surface area contributed by atoms with Crippen LogP contribution in [0.15, 0.2) is 43.0 Å². The predicted molar refractivity (Wildman–Crippen MR) is 102 cm³/mol. The molecule has 164 valence electrons. The Bertz CT molecular complexity index is 886. The second kappa shape index (κ2) is 10.6. The van der Waals surface area contributed by atoms with Crippen molar-refractivity contribution >= 4 is 17.5 Å². The number of benzene rings is 1. The van der Waals surface area contributed by atoms with Gasteiger partial charge in [-0.2, -0.15) is 0 Å². The highest BCUT2D eigenvalue weighted by atomic mass is 35.5. The molecule has 1 aromatic carbocycles. The molecule has 0 saturated heterocycles. The smallest absolute Gasteiger partial charge is 0.369 e. The molecule has 6 nitrogen and oxygen atoms in total. The fourth-order valence-electron chi connectivity index (χ4n) is 2.43. The SMILES string of the molecule is C=C(CCn1cnc(-c2ccc(Cl)c(F)c2)c1)NC(=O)COC[C@@H](C)OC(F)(F)F. The summed E-state index contributed by atoms with van der Waals surface area (Å²) in [6.45, 7) is 4.54. The zero-order chi connectivity index (χ0) is 22.3. The van der Waals surface area contributed by atoms with Gasteiger partial charge in [-0.3, -0.25) is 9.53 Å². The van der Waals surface area contributed by atoms with Crippen LogP contribution in [-0.2, 0) is 20.8 Å². The summed E-state index contributed by atoms with van der Waals surface area (Å²) in [7, 11) is 0. The van der Waals surface area contributed by atoms with Gasteiger partial charge in [0.2, 0.25) is 5.91 Å². The predicted octanol–water partition coefficient (Wildman–Crippen LogP) is 4.30. The monoisotopic (exact) mass is 449 g/mol. The molecule has 0 spiro atoms. The fraction of sp³-hybridized carbons (Fsp3) is 0.368. The third kappa shape index (κ3) is 8.13. The van der Waals surface area contributed by atoms with Crippen LogP contribution in [0.25, 0.3) is 11.3 Å². The molecule has 1 heterocycles. The minimum absolute atomic E-state index is 0.0246. The van der Waals surface area contributed by atoms with E-state index in [1.54, 1.807) is 23.2 Å². The molecule has 0 bridgehead atoms. The van der Waals surface area contributed by atoms with Crippen LogP contribution in [0, 0.1) is 5.82 Å². The van der Waals surface area contributed by atoms with Crippen LogP contribution < -0.4 is 5.32 Å². The van der Waals surface area contributed by atoms with Crippen LogP contribution in [0.4, 0.5) is 17.6 Å². The molecule has 30 heavy (non-hydrogen) atoms. The minimum atomic E-state index is -4.76. The van der Waals surface area contributed by atoms with E-state index in [0.29, 0.717) is 29.9 Å². The number of nitrogens with one attached hydrogen (secondary N) is 1. The van der Waals surface area contributed by atoms with Crippen LogP contribution in [0.5, 0.6) is 0 Å². The summed E-state index contributed by atoms with van der Waals surface area (Å²) >= 11 is 5.67. The Labute approximate surface area is 175 Å². The molecule has 0 unspecified atom stereocenters. The number of carbonyl (C=O) groups is 1. The van der Waals surface area contributed by atoms with Gasteiger partial charge in [0, 0.05) is 30.4 Å². The maximum absolute atomic E-state index is 13.6. The second-order valence-electron chi connectivity index (χ2n) is 6.42. The summed E-state index contributed by atoms with van der Waals surface area (Å²) in [6, 6.07) is 4.38. The highest BCUT2D eigenvalue weighted by molar-refractivity contribution is 6.30. The van der Waals surface area contributed by atoms with Crippen molar-refractivity contribution in [2.45, 2.75) is 32.4 Å². The van der Waals surface area contributed by atoms with Gasteiger partial charge in [0.15, 0.2) is 0 Å². The molecule has 11 heteroatoms. The van der Waals surface area contributed by atoms with Crippen molar-refractivity contribution in [3.8, 4) is 11.3 Å². The number of carbonyl (C=O) groups excluding carboxylic acids is 1. The van der Waals surface area contributed by atoms with Gasteiger partial charge in [-0.1, -0.05) is 24.2 Å². The van der Waals surface area contributed by atoms with E-state index in [1.807, 2.05) is 0 Å². The molecule has 0 saturated carbocycles. The molecule has 0 radical (unpaired) electrons. The van der Waals surface area contributed by atoms with Crippen molar-refractivity contribution in [2.75, 3.05) is 13.2 Å². The molecular formula is C19H20ClF4N3O3. The van der Waals surface area contributed by atoms with Gasteiger partial charge in [0.25, 0.3) is 0 Å². The average molecular weight is 450 g/mol. The summed E-state index contributed by atoms with van der Waals surface area (Å²) in [6.07, 6.45) is -2.34. The van der Waals surface area contributed by atoms with E-state index in [2.05, 4.69) is 21.6 Å². The van der Waals surface area contributed by atoms with Gasteiger partial charge >= 0.3 is 6.36 Å². The molecule has 0 aliphatic rings. The molecular weight excluding hydrogens is 430 g/mol. The fourth-order valence-corrected chi connectivity index (χ4v) is 2.54. The first-order valence-electron chi connectivity index (χ1n) is 8.80. The third-order valence-electron chi connectivity index (χ3n) is 3.76. The highest BCUT2D eigenvalue weighted by Gasteiger charge is 2.31. The van der Waals surface area contributed by atoms with Crippen molar-refractivity contribution in [1.29, 1.82) is 0 Å². The quantitative estimate of drug-likeness (QED) is 0.549. The second-order valence-corrected chi connectivity index (χ2v) is 6.82. The Kier molecular flexibility index (Phi) is 8.39. The lowest BCUT2D eigenvalue weighted by molar-refractivity contribution is -0.343. The molecule has 0 fully saturated rings. The number of allylic oxidation sites excluding steroid dienone is 1. The first-order valence-corrected chi connectivity index (χ1v) is 9.18. The molecule has 1 N–H and O–H groups in total. The molecule has 1 atom stereocenters. The van der Waals surface area contributed by atoms with Gasteiger partial charge in [-0.15, -0.1) is 13.2 Å². The van der Waals surface area contributed by atoms with Crippen molar-refractivity contribution in [1.82, 2.24) is 14.9 Å². The van der Waals surface area contributed by atoms with E-state index in [-0.39, 0.29) is 11.6 Å². The lowest BCUT2D eigenvalue weighted by Gasteiger charge is -2.15. The first-order chi connectivity index (χ1) is 14.0. The summed E-state index contributed by atoms with van der Waals surface area (Å²) < 4.78 is 60.0. The van der Waals surface area contributed by atoms with E-state index < -0.39 is 30.8 Å². The summed E-state index contributed by atoms with van der Waals surface area (Å²) in [4.78, 5) is 16.0. The van der Waals surface area contributed by atoms with E-state index in [9.17, 15) is 22.4 Å². The molecule has 0 aliphatic heterocycles. The first kappa shape index (κ1) is 23.8. The number of rotatable bonds is 10. The number of halogens is 5. The number of hydrogen-bond acceptors (Lipinski definition) is 4. The van der Waals surface area contributed by atoms with Gasteiger partial charge in [0.1, 0.15) is 12.4 Å². The number of amides is 1. The maximum Gasteiger partial charge on any atom is 0.522 e.